The van der Waals surface area contributed by atoms with Crippen molar-refractivity contribution in [2.45, 2.75) is 88.5 Å². The third kappa shape index (κ3) is 5.52. The fourth-order valence-corrected chi connectivity index (χ4v) is 7.11. The summed E-state index contributed by atoms with van der Waals surface area (Å²) in [5, 5.41) is 11.4. The van der Waals surface area contributed by atoms with Crippen molar-refractivity contribution in [1.82, 2.24) is 0 Å². The summed E-state index contributed by atoms with van der Waals surface area (Å²) < 4.78 is 31.9. The second-order valence-corrected chi connectivity index (χ2v) is 11.4. The molecule has 0 bridgehead atoms. The molecule has 3 aliphatic heterocycles. The number of hydrogen-bond acceptors (Lipinski definition) is 7. The molecule has 2 aromatic rings. The zero-order chi connectivity index (χ0) is 23.6. The van der Waals surface area contributed by atoms with E-state index in [-0.39, 0.29) is 42.7 Å². The fraction of sp³-hybridized carbons (Fsp3) is 0.643. The van der Waals surface area contributed by atoms with Gasteiger partial charge in [-0.2, -0.15) is 0 Å². The molecule has 8 atom stereocenters. The highest BCUT2D eigenvalue weighted by Gasteiger charge is 2.49. The van der Waals surface area contributed by atoms with E-state index in [1.165, 1.54) is 15.0 Å². The normalized spacial score (nSPS) is 36.7. The second-order valence-electron chi connectivity index (χ2n) is 10.2. The van der Waals surface area contributed by atoms with Crippen LogP contribution < -0.4 is 0 Å². The van der Waals surface area contributed by atoms with Crippen molar-refractivity contribution in [3.8, 4) is 0 Å². The van der Waals surface area contributed by atoms with Gasteiger partial charge in [0, 0.05) is 41.6 Å². The van der Waals surface area contributed by atoms with E-state index in [0.29, 0.717) is 6.42 Å². The number of thiophene rings is 1. The first kappa shape index (κ1) is 24.0. The molecule has 1 aliphatic carbocycles. The number of hydrogen-bond donors (Lipinski definition) is 1. The van der Waals surface area contributed by atoms with Gasteiger partial charge in [-0.25, -0.2) is 0 Å². The van der Waals surface area contributed by atoms with Crippen molar-refractivity contribution in [2.75, 3.05) is 13.2 Å². The maximum atomic E-state index is 10.2. The van der Waals surface area contributed by atoms with Gasteiger partial charge in [-0.1, -0.05) is 30.4 Å². The molecule has 4 aliphatic rings. The van der Waals surface area contributed by atoms with Crippen molar-refractivity contribution < 1.29 is 28.8 Å². The minimum atomic E-state index is -0.682. The lowest BCUT2D eigenvalue weighted by Gasteiger charge is -2.29. The zero-order valence-corrected chi connectivity index (χ0v) is 20.9. The van der Waals surface area contributed by atoms with Crippen LogP contribution in [0.15, 0.2) is 42.5 Å². The van der Waals surface area contributed by atoms with E-state index < -0.39 is 6.29 Å². The predicted molar refractivity (Wildman–Crippen MR) is 134 cm³/mol. The predicted octanol–water partition coefficient (Wildman–Crippen LogP) is 5.70. The summed E-state index contributed by atoms with van der Waals surface area (Å²) >= 11 is 1.78. The zero-order valence-electron chi connectivity index (χ0n) is 20.1. The smallest absolute Gasteiger partial charge is 0.158 e. The Hall–Kier alpha value is -1.32. The van der Waals surface area contributed by atoms with Crippen molar-refractivity contribution in [2.24, 2.45) is 11.8 Å². The average Bonchev–Trinajstić information content (AvgIpc) is 3.55. The summed E-state index contributed by atoms with van der Waals surface area (Å²) in [7, 11) is 0. The molecule has 1 N–H and O–H groups in total. The van der Waals surface area contributed by atoms with Crippen LogP contribution in [0.4, 0.5) is 0 Å². The van der Waals surface area contributed by atoms with Crippen molar-refractivity contribution in [3.63, 3.8) is 0 Å². The molecule has 6 rings (SSSR count). The van der Waals surface area contributed by atoms with Crippen LogP contribution in [-0.2, 0) is 23.7 Å². The Labute approximate surface area is 211 Å². The van der Waals surface area contributed by atoms with Gasteiger partial charge in [0.05, 0.1) is 12.2 Å². The quantitative estimate of drug-likeness (QED) is 0.492. The Bertz CT molecular complexity index is 961. The maximum absolute atomic E-state index is 10.2. The molecule has 0 spiro atoms. The maximum Gasteiger partial charge on any atom is 0.158 e. The SMILES string of the molecule is OC1C[C@@H]2[C@@H](/C=C/[C@@H](OC3CCCCO3)c3cc4ccccc4s3)[C@H](OC3CCCCO3)C[C@@H]2O1. The van der Waals surface area contributed by atoms with E-state index in [4.69, 9.17) is 23.7 Å². The number of benzene rings is 1. The molecule has 0 amide bonds. The van der Waals surface area contributed by atoms with Gasteiger partial charge in [0.15, 0.2) is 18.9 Å². The van der Waals surface area contributed by atoms with E-state index in [2.05, 4.69) is 42.5 Å². The van der Waals surface area contributed by atoms with Gasteiger partial charge in [0.25, 0.3) is 0 Å². The number of ether oxygens (including phenoxy) is 5. The molecule has 190 valence electrons. The van der Waals surface area contributed by atoms with Crippen LogP contribution in [0.3, 0.4) is 0 Å². The van der Waals surface area contributed by atoms with Crippen molar-refractivity contribution in [3.05, 3.63) is 47.4 Å². The van der Waals surface area contributed by atoms with E-state index in [1.807, 2.05) is 0 Å². The molecular formula is C28H36O6S. The van der Waals surface area contributed by atoms with Gasteiger partial charge in [-0.3, -0.25) is 0 Å². The van der Waals surface area contributed by atoms with Crippen molar-refractivity contribution >= 4 is 21.4 Å². The standard InChI is InChI=1S/C28H36O6S/c29-26-16-20-19(22(17-23(20)32-26)34-28-10-4-6-14-31-28)11-12-21(33-27-9-3-5-13-30-27)25-15-18-7-1-2-8-24(18)35-25/h1-2,7-8,11-12,15,19-23,26-29H,3-6,9-10,13-14,16-17H2/b12-11+/t19-,20-,21-,22-,23+,26?,27?,28?/m1/s1. The lowest BCUT2D eigenvalue weighted by atomic mass is 9.91. The molecular weight excluding hydrogens is 464 g/mol. The minimum Gasteiger partial charge on any atom is -0.368 e. The van der Waals surface area contributed by atoms with Gasteiger partial charge in [0.2, 0.25) is 0 Å². The second kappa shape index (κ2) is 11.0. The summed E-state index contributed by atoms with van der Waals surface area (Å²) in [4.78, 5) is 1.18. The summed E-state index contributed by atoms with van der Waals surface area (Å²) in [5.41, 5.74) is 0. The molecule has 1 aromatic carbocycles. The van der Waals surface area contributed by atoms with Crippen LogP contribution in [0.1, 0.15) is 62.3 Å². The van der Waals surface area contributed by atoms with Gasteiger partial charge in [0.1, 0.15) is 6.10 Å². The summed E-state index contributed by atoms with van der Waals surface area (Å²) in [6, 6.07) is 10.7. The third-order valence-corrected chi connectivity index (χ3v) is 8.98. The van der Waals surface area contributed by atoms with E-state index in [1.54, 1.807) is 11.3 Å². The molecule has 1 aromatic heterocycles. The van der Waals surface area contributed by atoms with Gasteiger partial charge in [-0.05, 0) is 62.0 Å². The van der Waals surface area contributed by atoms with Crippen molar-refractivity contribution in [1.29, 1.82) is 0 Å². The van der Waals surface area contributed by atoms with E-state index >= 15 is 0 Å². The number of aliphatic hydroxyl groups is 1. The first-order chi connectivity index (χ1) is 17.2. The molecule has 3 saturated heterocycles. The van der Waals surface area contributed by atoms with E-state index in [9.17, 15) is 5.11 Å². The molecule has 4 heterocycles. The number of fused-ring (bicyclic) bond motifs is 2. The summed E-state index contributed by atoms with van der Waals surface area (Å²) in [6.45, 7) is 1.52. The molecule has 3 unspecified atom stereocenters. The molecule has 6 nitrogen and oxygen atoms in total. The van der Waals surface area contributed by atoms with Gasteiger partial charge >= 0.3 is 0 Å². The topological polar surface area (TPSA) is 66.4 Å². The first-order valence-corrected chi connectivity index (χ1v) is 14.1. The van der Waals surface area contributed by atoms with Crippen LogP contribution in [0, 0.1) is 11.8 Å². The lowest BCUT2D eigenvalue weighted by molar-refractivity contribution is -0.196. The Morgan fingerprint density at radius 3 is 2.57 bits per heavy atom. The first-order valence-electron chi connectivity index (χ1n) is 13.3. The van der Waals surface area contributed by atoms with Crippen LogP contribution in [0.25, 0.3) is 10.1 Å². The molecule has 1 saturated carbocycles. The average molecular weight is 501 g/mol. The molecule has 0 radical (unpaired) electrons. The Kier molecular flexibility index (Phi) is 7.54. The fourth-order valence-electron chi connectivity index (χ4n) is 6.03. The number of aliphatic hydroxyl groups excluding tert-OH is 1. The summed E-state index contributed by atoms with van der Waals surface area (Å²) in [5.74, 6) is 0.388. The van der Waals surface area contributed by atoms with Crippen LogP contribution in [0.5, 0.6) is 0 Å². The highest BCUT2D eigenvalue weighted by molar-refractivity contribution is 7.19. The number of rotatable bonds is 7. The van der Waals surface area contributed by atoms with Crippen LogP contribution in [-0.4, -0.2) is 49.4 Å². The molecule has 35 heavy (non-hydrogen) atoms. The monoisotopic (exact) mass is 500 g/mol. The molecule has 4 fully saturated rings. The third-order valence-electron chi connectivity index (χ3n) is 7.81. The lowest BCUT2D eigenvalue weighted by Crippen LogP contribution is -2.31. The summed E-state index contributed by atoms with van der Waals surface area (Å²) in [6.07, 6.45) is 11.1. The minimum absolute atomic E-state index is 0.0193. The largest absolute Gasteiger partial charge is 0.368 e. The van der Waals surface area contributed by atoms with Gasteiger partial charge < -0.3 is 28.8 Å². The Morgan fingerprint density at radius 2 is 1.80 bits per heavy atom. The van der Waals surface area contributed by atoms with Crippen LogP contribution >= 0.6 is 11.3 Å². The van der Waals surface area contributed by atoms with Crippen LogP contribution in [0.2, 0.25) is 0 Å². The molecule has 7 heteroatoms. The van der Waals surface area contributed by atoms with Gasteiger partial charge in [-0.15, -0.1) is 11.3 Å². The highest BCUT2D eigenvalue weighted by atomic mass is 32.1. The Morgan fingerprint density at radius 1 is 1.00 bits per heavy atom. The Balaban J connectivity index is 1.25. The van der Waals surface area contributed by atoms with E-state index in [0.717, 1.165) is 58.2 Å². The highest BCUT2D eigenvalue weighted by Crippen LogP contribution is 2.46.